The summed E-state index contributed by atoms with van der Waals surface area (Å²) in [5.74, 6) is -5.34. The molecule has 0 spiro atoms. The molecule has 2 aromatic heterocycles. The third-order valence-electron chi connectivity index (χ3n) is 4.57. The van der Waals surface area contributed by atoms with Crippen molar-refractivity contribution in [1.29, 1.82) is 0 Å². The average molecular weight is 479 g/mol. The molecule has 0 saturated carbocycles. The summed E-state index contributed by atoms with van der Waals surface area (Å²) in [6, 6.07) is 6.96. The summed E-state index contributed by atoms with van der Waals surface area (Å²) in [7, 11) is -4.49. The number of thiazole rings is 1. The van der Waals surface area contributed by atoms with Crippen LogP contribution < -0.4 is 5.73 Å². The van der Waals surface area contributed by atoms with Crippen LogP contribution in [-0.4, -0.2) is 18.4 Å². The topological polar surface area (TPSA) is 85.9 Å². The molecule has 0 bridgehead atoms. The Bertz CT molecular complexity index is 1420. The summed E-state index contributed by atoms with van der Waals surface area (Å²) in [4.78, 5) is 7.37. The van der Waals surface area contributed by atoms with Crippen LogP contribution in [0.25, 0.3) is 21.7 Å². The maximum absolute atomic E-state index is 15.4. The van der Waals surface area contributed by atoms with Gasteiger partial charge in [0.05, 0.1) is 21.9 Å². The predicted octanol–water partition coefficient (Wildman–Crippen LogP) is 4.98. The number of benzene rings is 2. The van der Waals surface area contributed by atoms with E-state index in [1.54, 1.807) is 12.1 Å². The number of sulfone groups is 1. The Morgan fingerprint density at radius 3 is 2.34 bits per heavy atom. The van der Waals surface area contributed by atoms with Crippen LogP contribution in [0.5, 0.6) is 0 Å². The highest BCUT2D eigenvalue weighted by Crippen LogP contribution is 2.40. The molecule has 5 nitrogen and oxygen atoms in total. The molecule has 2 aromatic carbocycles. The molecule has 0 aliphatic heterocycles. The molecule has 2 heterocycles. The summed E-state index contributed by atoms with van der Waals surface area (Å²) in [5.41, 5.74) is 5.22. The molecule has 11 heteroatoms. The van der Waals surface area contributed by atoms with Gasteiger partial charge in [-0.05, 0) is 42.0 Å². The number of nitrogens with zero attached hydrogens (tertiary/aromatic N) is 2. The van der Waals surface area contributed by atoms with Gasteiger partial charge in [-0.25, -0.2) is 31.0 Å². The molecule has 0 fully saturated rings. The summed E-state index contributed by atoms with van der Waals surface area (Å²) < 4.78 is 82.8. The third kappa shape index (κ3) is 4.08. The molecule has 164 valence electrons. The highest BCUT2D eigenvalue weighted by Gasteiger charge is 2.27. The van der Waals surface area contributed by atoms with Gasteiger partial charge in [0, 0.05) is 18.0 Å². The zero-order valence-electron chi connectivity index (χ0n) is 16.0. The van der Waals surface area contributed by atoms with Gasteiger partial charge in [0.1, 0.15) is 28.2 Å². The van der Waals surface area contributed by atoms with Crippen LogP contribution in [-0.2, 0) is 15.6 Å². The highest BCUT2D eigenvalue weighted by atomic mass is 32.2. The lowest BCUT2D eigenvalue weighted by Gasteiger charge is -2.11. The second-order valence-corrected chi connectivity index (χ2v) is 9.68. The first-order chi connectivity index (χ1) is 15.2. The average Bonchev–Trinajstić information content (AvgIpc) is 3.14. The monoisotopic (exact) mass is 479 g/mol. The highest BCUT2D eigenvalue weighted by molar-refractivity contribution is 7.90. The van der Waals surface area contributed by atoms with Crippen LogP contribution in [0.2, 0.25) is 0 Å². The van der Waals surface area contributed by atoms with E-state index in [2.05, 4.69) is 9.97 Å². The Morgan fingerprint density at radius 1 is 0.938 bits per heavy atom. The van der Waals surface area contributed by atoms with Crippen molar-refractivity contribution in [3.8, 4) is 21.7 Å². The van der Waals surface area contributed by atoms with Crippen molar-refractivity contribution in [3.05, 3.63) is 83.7 Å². The van der Waals surface area contributed by atoms with Gasteiger partial charge in [-0.2, -0.15) is 0 Å². The lowest BCUT2D eigenvalue weighted by Crippen LogP contribution is -2.10. The molecule has 4 aromatic rings. The van der Waals surface area contributed by atoms with E-state index in [1.807, 2.05) is 0 Å². The molecule has 32 heavy (non-hydrogen) atoms. The van der Waals surface area contributed by atoms with Crippen LogP contribution in [0.4, 0.5) is 22.7 Å². The van der Waals surface area contributed by atoms with E-state index in [-0.39, 0.29) is 10.8 Å². The summed E-state index contributed by atoms with van der Waals surface area (Å²) in [6.07, 6.45) is 2.97. The first kappa shape index (κ1) is 21.9. The van der Waals surface area contributed by atoms with Gasteiger partial charge in [-0.1, -0.05) is 17.4 Å². The minimum atomic E-state index is -4.49. The standard InChI is InChI=1S/C21H13F4N3O2S2/c22-13-2-4-14(23)16(9-13)32(29,30)10-12-1-3-15(24)17(18(12)25)19-20(31-21(26)28-19)11-5-7-27-8-6-11/h1-9H,10H2,(H2,26,28). The van der Waals surface area contributed by atoms with Gasteiger partial charge in [-0.3, -0.25) is 4.98 Å². The lowest BCUT2D eigenvalue weighted by molar-refractivity contribution is 0.549. The zero-order valence-corrected chi connectivity index (χ0v) is 17.7. The molecule has 0 saturated heterocycles. The Hall–Kier alpha value is -3.31. The van der Waals surface area contributed by atoms with Gasteiger partial charge in [0.25, 0.3) is 0 Å². The molecule has 4 rings (SSSR count). The van der Waals surface area contributed by atoms with Crippen molar-refractivity contribution in [1.82, 2.24) is 9.97 Å². The van der Waals surface area contributed by atoms with Crippen LogP contribution in [0.1, 0.15) is 5.56 Å². The first-order valence-electron chi connectivity index (χ1n) is 8.99. The number of pyridine rings is 1. The van der Waals surface area contributed by atoms with E-state index in [1.165, 1.54) is 12.4 Å². The molecule has 0 unspecified atom stereocenters. The van der Waals surface area contributed by atoms with Crippen molar-refractivity contribution in [3.63, 3.8) is 0 Å². The summed E-state index contributed by atoms with van der Waals surface area (Å²) in [6.45, 7) is 0. The van der Waals surface area contributed by atoms with Gasteiger partial charge in [0.2, 0.25) is 0 Å². The van der Waals surface area contributed by atoms with Gasteiger partial charge >= 0.3 is 0 Å². The maximum Gasteiger partial charge on any atom is 0.185 e. The van der Waals surface area contributed by atoms with E-state index >= 15 is 4.39 Å². The fourth-order valence-corrected chi connectivity index (χ4v) is 5.42. The number of aromatic nitrogens is 2. The number of anilines is 1. The van der Waals surface area contributed by atoms with Crippen LogP contribution in [0, 0.1) is 23.3 Å². The van der Waals surface area contributed by atoms with E-state index < -0.39 is 54.9 Å². The van der Waals surface area contributed by atoms with Crippen LogP contribution in [0.15, 0.2) is 59.8 Å². The smallest absolute Gasteiger partial charge is 0.185 e. The minimum Gasteiger partial charge on any atom is -0.375 e. The van der Waals surface area contributed by atoms with Crippen molar-refractivity contribution in [2.75, 3.05) is 5.73 Å². The van der Waals surface area contributed by atoms with E-state index in [0.717, 1.165) is 29.5 Å². The molecule has 0 aliphatic carbocycles. The van der Waals surface area contributed by atoms with Crippen molar-refractivity contribution in [2.24, 2.45) is 0 Å². The number of halogens is 4. The van der Waals surface area contributed by atoms with Gasteiger partial charge in [-0.15, -0.1) is 0 Å². The lowest BCUT2D eigenvalue weighted by atomic mass is 10.0. The van der Waals surface area contributed by atoms with Crippen molar-refractivity contribution < 1.29 is 26.0 Å². The van der Waals surface area contributed by atoms with E-state index in [0.29, 0.717) is 22.6 Å². The van der Waals surface area contributed by atoms with Crippen LogP contribution in [0.3, 0.4) is 0 Å². The minimum absolute atomic E-state index is 0.0467. The Balaban J connectivity index is 1.83. The fraction of sp³-hybridized carbons (Fsp3) is 0.0476. The molecule has 0 amide bonds. The molecule has 0 aliphatic rings. The normalized spacial score (nSPS) is 11.6. The second kappa shape index (κ2) is 8.32. The quantitative estimate of drug-likeness (QED) is 0.408. The molecular formula is C21H13F4N3O2S2. The first-order valence-corrected chi connectivity index (χ1v) is 11.5. The molecule has 0 atom stereocenters. The van der Waals surface area contributed by atoms with Crippen LogP contribution >= 0.6 is 11.3 Å². The summed E-state index contributed by atoms with van der Waals surface area (Å²) in [5, 5.41) is 0.0467. The van der Waals surface area contributed by atoms with Crippen molar-refractivity contribution >= 4 is 26.3 Å². The largest absolute Gasteiger partial charge is 0.375 e. The van der Waals surface area contributed by atoms with Gasteiger partial charge < -0.3 is 5.73 Å². The van der Waals surface area contributed by atoms with Gasteiger partial charge in [0.15, 0.2) is 15.0 Å². The third-order valence-corrected chi connectivity index (χ3v) is 7.18. The van der Waals surface area contributed by atoms with E-state index in [9.17, 15) is 21.6 Å². The second-order valence-electron chi connectivity index (χ2n) is 6.70. The number of nitrogen functional groups attached to an aromatic ring is 1. The Morgan fingerprint density at radius 2 is 1.62 bits per heavy atom. The zero-order chi connectivity index (χ0) is 23.0. The fourth-order valence-electron chi connectivity index (χ4n) is 3.13. The maximum atomic E-state index is 15.4. The Labute approximate surface area is 184 Å². The number of hydrogen-bond donors (Lipinski definition) is 1. The molecular weight excluding hydrogens is 466 g/mol. The number of rotatable bonds is 5. The number of hydrogen-bond acceptors (Lipinski definition) is 6. The number of nitrogens with two attached hydrogens (primary N) is 1. The summed E-state index contributed by atoms with van der Waals surface area (Å²) >= 11 is 0.995. The predicted molar refractivity (Wildman–Crippen MR) is 112 cm³/mol. The SMILES string of the molecule is Nc1nc(-c2c(F)ccc(CS(=O)(=O)c3cc(F)ccc3F)c2F)c(-c2ccncc2)s1. The van der Waals surface area contributed by atoms with E-state index in [4.69, 9.17) is 5.73 Å². The molecule has 2 N–H and O–H groups in total. The Kier molecular flexibility index (Phi) is 5.70. The van der Waals surface area contributed by atoms with Crippen molar-refractivity contribution in [2.45, 2.75) is 10.6 Å². The molecule has 0 radical (unpaired) electrons.